The fourth-order valence-corrected chi connectivity index (χ4v) is 2.80. The molecule has 7 heteroatoms. The molecule has 0 saturated heterocycles. The number of nitrogens with zero attached hydrogens (tertiary/aromatic N) is 1. The van der Waals surface area contributed by atoms with Crippen molar-refractivity contribution < 1.29 is 14.3 Å². The van der Waals surface area contributed by atoms with Crippen LogP contribution < -0.4 is 15.4 Å². The second-order valence-corrected chi connectivity index (χ2v) is 7.25. The molecule has 0 aliphatic rings. The summed E-state index contributed by atoms with van der Waals surface area (Å²) in [6.45, 7) is 6.91. The molecule has 0 aliphatic carbocycles. The average Bonchev–Trinajstić information content (AvgIpc) is 3.05. The molecule has 2 rings (SSSR count). The van der Waals surface area contributed by atoms with Crippen molar-refractivity contribution in [3.8, 4) is 5.75 Å². The Morgan fingerprint density at radius 1 is 1.15 bits per heavy atom. The van der Waals surface area contributed by atoms with Gasteiger partial charge in [0.05, 0.1) is 12.1 Å². The molecule has 0 spiro atoms. The highest BCUT2D eigenvalue weighted by atomic mass is 32.1. The van der Waals surface area contributed by atoms with Gasteiger partial charge in [0.1, 0.15) is 17.4 Å². The normalized spacial score (nSPS) is 10.6. The van der Waals surface area contributed by atoms with E-state index in [1.54, 1.807) is 0 Å². The number of hydrogen-bond acceptors (Lipinski definition) is 5. The molecule has 2 N–H and O–H groups in total. The molecular weight excluding hydrogens is 350 g/mol. The predicted molar refractivity (Wildman–Crippen MR) is 102 cm³/mol. The lowest BCUT2D eigenvalue weighted by molar-refractivity contribution is -0.124. The maximum absolute atomic E-state index is 11.9. The number of nitrogens with one attached hydrogen (secondary N) is 2. The fraction of sp³-hybridized carbons (Fsp3) is 0.421. The van der Waals surface area contributed by atoms with Gasteiger partial charge in [-0.25, -0.2) is 4.98 Å². The number of ether oxygens (including phenoxy) is 1. The lowest BCUT2D eigenvalue weighted by atomic mass is 10.2. The largest absolute Gasteiger partial charge is 0.486 e. The van der Waals surface area contributed by atoms with Gasteiger partial charge in [0.2, 0.25) is 11.8 Å². The van der Waals surface area contributed by atoms with E-state index in [-0.39, 0.29) is 24.2 Å². The lowest BCUT2D eigenvalue weighted by Crippen LogP contribution is -2.36. The molecule has 1 aromatic heterocycles. The summed E-state index contributed by atoms with van der Waals surface area (Å²) in [7, 11) is 0. The first-order valence-corrected chi connectivity index (χ1v) is 9.49. The van der Waals surface area contributed by atoms with E-state index in [0.29, 0.717) is 19.7 Å². The van der Waals surface area contributed by atoms with Gasteiger partial charge >= 0.3 is 0 Å². The van der Waals surface area contributed by atoms with Crippen LogP contribution in [0.4, 0.5) is 0 Å². The SMILES string of the molecule is Cc1ccc(OCc2nc(CC(=O)NCCNC(=O)C(C)C)cs2)cc1. The molecule has 0 atom stereocenters. The number of amides is 2. The van der Waals surface area contributed by atoms with Crippen LogP contribution in [-0.4, -0.2) is 29.9 Å². The van der Waals surface area contributed by atoms with Crippen molar-refractivity contribution in [2.24, 2.45) is 5.92 Å². The van der Waals surface area contributed by atoms with Crippen LogP contribution in [0, 0.1) is 12.8 Å². The summed E-state index contributed by atoms with van der Waals surface area (Å²) in [5, 5.41) is 8.24. The molecule has 2 aromatic rings. The molecule has 1 aromatic carbocycles. The van der Waals surface area contributed by atoms with Crippen molar-refractivity contribution >= 4 is 23.2 Å². The van der Waals surface area contributed by atoms with Crippen molar-refractivity contribution in [1.29, 1.82) is 0 Å². The van der Waals surface area contributed by atoms with E-state index in [1.165, 1.54) is 16.9 Å². The zero-order valence-corrected chi connectivity index (χ0v) is 16.2. The minimum atomic E-state index is -0.111. The molecule has 1 heterocycles. The first-order valence-electron chi connectivity index (χ1n) is 8.61. The standard InChI is InChI=1S/C19H25N3O3S/c1-13(2)19(24)21-9-8-20-17(23)10-15-12-26-18(22-15)11-25-16-6-4-14(3)5-7-16/h4-7,12-13H,8-11H2,1-3H3,(H,20,23)(H,21,24). The number of rotatable bonds is 9. The summed E-state index contributed by atoms with van der Waals surface area (Å²) in [5.41, 5.74) is 1.91. The van der Waals surface area contributed by atoms with Gasteiger partial charge in [-0.3, -0.25) is 9.59 Å². The summed E-state index contributed by atoms with van der Waals surface area (Å²) < 4.78 is 5.69. The zero-order chi connectivity index (χ0) is 18.9. The van der Waals surface area contributed by atoms with Crippen molar-refractivity contribution in [1.82, 2.24) is 15.6 Å². The molecule has 2 amide bonds. The number of benzene rings is 1. The van der Waals surface area contributed by atoms with Crippen LogP contribution in [0.1, 0.15) is 30.1 Å². The highest BCUT2D eigenvalue weighted by molar-refractivity contribution is 7.09. The number of aryl methyl sites for hydroxylation is 1. The molecule has 0 radical (unpaired) electrons. The predicted octanol–water partition coefficient (Wildman–Crippen LogP) is 2.46. The summed E-state index contributed by atoms with van der Waals surface area (Å²) in [4.78, 5) is 27.8. The molecule has 0 aliphatic heterocycles. The third kappa shape index (κ3) is 6.84. The average molecular weight is 375 g/mol. The number of aromatic nitrogens is 1. The number of carbonyl (C=O) groups is 2. The van der Waals surface area contributed by atoms with Crippen molar-refractivity contribution in [3.63, 3.8) is 0 Å². The molecule has 26 heavy (non-hydrogen) atoms. The number of thiazole rings is 1. The van der Waals surface area contributed by atoms with Crippen LogP contribution >= 0.6 is 11.3 Å². The molecule has 0 fully saturated rings. The van der Waals surface area contributed by atoms with Crippen molar-refractivity contribution in [3.05, 3.63) is 45.9 Å². The first kappa shape index (κ1) is 19.9. The van der Waals surface area contributed by atoms with Gasteiger partial charge in [-0.1, -0.05) is 31.5 Å². The Labute approximate surface area is 158 Å². The molecular formula is C19H25N3O3S. The summed E-state index contributed by atoms with van der Waals surface area (Å²) in [5.74, 6) is 0.617. The van der Waals surface area contributed by atoms with Crippen LogP contribution in [0.25, 0.3) is 0 Å². The van der Waals surface area contributed by atoms with Crippen molar-refractivity contribution in [2.75, 3.05) is 13.1 Å². The van der Waals surface area contributed by atoms with E-state index < -0.39 is 0 Å². The first-order chi connectivity index (χ1) is 12.4. The molecule has 0 bridgehead atoms. The van der Waals surface area contributed by atoms with Crippen LogP contribution in [0.15, 0.2) is 29.6 Å². The highest BCUT2D eigenvalue weighted by Crippen LogP contribution is 2.16. The van der Waals surface area contributed by atoms with E-state index in [4.69, 9.17) is 4.74 Å². The third-order valence-corrected chi connectivity index (χ3v) is 4.47. The van der Waals surface area contributed by atoms with E-state index in [0.717, 1.165) is 16.5 Å². The second-order valence-electron chi connectivity index (χ2n) is 6.31. The Kier molecular flexibility index (Phi) is 7.59. The van der Waals surface area contributed by atoms with Gasteiger partial charge in [-0.2, -0.15) is 0 Å². The van der Waals surface area contributed by atoms with Gasteiger partial charge in [0.15, 0.2) is 0 Å². The fourth-order valence-electron chi connectivity index (χ4n) is 2.09. The second kappa shape index (κ2) is 9.91. The van der Waals surface area contributed by atoms with Gasteiger partial charge in [-0.15, -0.1) is 11.3 Å². The Bertz CT molecular complexity index is 726. The Morgan fingerprint density at radius 2 is 1.85 bits per heavy atom. The smallest absolute Gasteiger partial charge is 0.226 e. The molecule has 140 valence electrons. The third-order valence-electron chi connectivity index (χ3n) is 3.60. The van der Waals surface area contributed by atoms with Crippen LogP contribution in [0.5, 0.6) is 5.75 Å². The lowest BCUT2D eigenvalue weighted by Gasteiger charge is -2.08. The van der Waals surface area contributed by atoms with E-state index in [9.17, 15) is 9.59 Å². The topological polar surface area (TPSA) is 80.3 Å². The monoisotopic (exact) mass is 375 g/mol. The molecule has 0 unspecified atom stereocenters. The molecule has 6 nitrogen and oxygen atoms in total. The molecule has 0 saturated carbocycles. The maximum Gasteiger partial charge on any atom is 0.226 e. The van der Waals surface area contributed by atoms with Gasteiger partial charge in [0.25, 0.3) is 0 Å². The van der Waals surface area contributed by atoms with Crippen LogP contribution in [0.2, 0.25) is 0 Å². The zero-order valence-electron chi connectivity index (χ0n) is 15.4. The number of hydrogen-bond donors (Lipinski definition) is 2. The Balaban J connectivity index is 1.69. The summed E-state index contributed by atoms with van der Waals surface area (Å²) in [6.07, 6.45) is 0.221. The Hall–Kier alpha value is -2.41. The number of carbonyl (C=O) groups excluding carboxylic acids is 2. The van der Waals surface area contributed by atoms with Crippen LogP contribution in [0.3, 0.4) is 0 Å². The van der Waals surface area contributed by atoms with Gasteiger partial charge in [0, 0.05) is 24.4 Å². The van der Waals surface area contributed by atoms with E-state index in [2.05, 4.69) is 15.6 Å². The van der Waals surface area contributed by atoms with Gasteiger partial charge in [-0.05, 0) is 19.1 Å². The minimum absolute atomic E-state index is 0.0167. The minimum Gasteiger partial charge on any atom is -0.486 e. The quantitative estimate of drug-likeness (QED) is 0.660. The Morgan fingerprint density at radius 3 is 2.54 bits per heavy atom. The highest BCUT2D eigenvalue weighted by Gasteiger charge is 2.09. The van der Waals surface area contributed by atoms with E-state index in [1.807, 2.05) is 50.4 Å². The summed E-state index contributed by atoms with van der Waals surface area (Å²) in [6, 6.07) is 7.85. The summed E-state index contributed by atoms with van der Waals surface area (Å²) >= 11 is 1.48. The maximum atomic E-state index is 11.9. The van der Waals surface area contributed by atoms with Gasteiger partial charge < -0.3 is 15.4 Å². The van der Waals surface area contributed by atoms with E-state index >= 15 is 0 Å². The van der Waals surface area contributed by atoms with Crippen molar-refractivity contribution in [2.45, 2.75) is 33.8 Å². The van der Waals surface area contributed by atoms with Crippen LogP contribution in [-0.2, 0) is 22.6 Å².